The monoisotopic (exact) mass is 283 g/mol. The molecule has 0 saturated carbocycles. The Bertz CT molecular complexity index is 540. The van der Waals surface area contributed by atoms with Crippen LogP contribution in [-0.2, 0) is 11.3 Å². The van der Waals surface area contributed by atoms with Gasteiger partial charge in [0.25, 0.3) is 0 Å². The number of alkyl halides is 2. The summed E-state index contributed by atoms with van der Waals surface area (Å²) in [7, 11) is 1.57. The molecule has 0 aliphatic rings. The van der Waals surface area contributed by atoms with Crippen LogP contribution in [0.4, 0.5) is 8.78 Å². The van der Waals surface area contributed by atoms with Gasteiger partial charge in [0.05, 0.1) is 6.04 Å². The number of benzene rings is 1. The van der Waals surface area contributed by atoms with Crippen molar-refractivity contribution in [2.24, 2.45) is 5.73 Å². The van der Waals surface area contributed by atoms with E-state index in [1.807, 2.05) is 0 Å². The molecule has 108 valence electrons. The maximum absolute atomic E-state index is 12.0. The van der Waals surface area contributed by atoms with Gasteiger partial charge < -0.3 is 19.6 Å². The van der Waals surface area contributed by atoms with Gasteiger partial charge in [0.1, 0.15) is 23.9 Å². The van der Waals surface area contributed by atoms with Crippen LogP contribution in [0.25, 0.3) is 0 Å². The van der Waals surface area contributed by atoms with Gasteiger partial charge in [-0.1, -0.05) is 12.1 Å². The lowest BCUT2D eigenvalue weighted by Crippen LogP contribution is -2.11. The highest BCUT2D eigenvalue weighted by atomic mass is 19.3. The van der Waals surface area contributed by atoms with Crippen molar-refractivity contribution in [3.05, 3.63) is 53.5 Å². The normalized spacial score (nSPS) is 12.7. The minimum atomic E-state index is -2.84. The van der Waals surface area contributed by atoms with Crippen molar-refractivity contribution in [2.45, 2.75) is 19.3 Å². The molecule has 0 fully saturated rings. The quantitative estimate of drug-likeness (QED) is 0.885. The molecule has 2 N–H and O–H groups in total. The fourth-order valence-corrected chi connectivity index (χ4v) is 1.80. The summed E-state index contributed by atoms with van der Waals surface area (Å²) in [4.78, 5) is 0. The van der Waals surface area contributed by atoms with Crippen LogP contribution >= 0.6 is 0 Å². The molecule has 1 unspecified atom stereocenters. The van der Waals surface area contributed by atoms with E-state index in [4.69, 9.17) is 14.9 Å². The van der Waals surface area contributed by atoms with Crippen LogP contribution in [0.1, 0.15) is 23.1 Å². The maximum Gasteiger partial charge on any atom is 0.387 e. The van der Waals surface area contributed by atoms with Crippen molar-refractivity contribution < 1.29 is 22.7 Å². The third-order valence-electron chi connectivity index (χ3n) is 2.74. The van der Waals surface area contributed by atoms with Crippen molar-refractivity contribution >= 4 is 0 Å². The summed E-state index contributed by atoms with van der Waals surface area (Å²) in [6, 6.07) is 9.22. The molecule has 0 aliphatic carbocycles. The Kier molecular flexibility index (Phi) is 4.70. The molecule has 20 heavy (non-hydrogen) atoms. The molecular formula is C14H15F2NO3. The number of halogens is 2. The topological polar surface area (TPSA) is 57.6 Å². The molecule has 1 aromatic carbocycles. The minimum Gasteiger partial charge on any atom is -0.462 e. The summed E-state index contributed by atoms with van der Waals surface area (Å²) >= 11 is 0. The molecule has 0 radical (unpaired) electrons. The smallest absolute Gasteiger partial charge is 0.387 e. The zero-order valence-electron chi connectivity index (χ0n) is 10.9. The lowest BCUT2D eigenvalue weighted by Gasteiger charge is -2.10. The van der Waals surface area contributed by atoms with Crippen LogP contribution in [0.3, 0.4) is 0 Å². The van der Waals surface area contributed by atoms with Crippen LogP contribution in [0.15, 0.2) is 40.8 Å². The zero-order chi connectivity index (χ0) is 14.5. The van der Waals surface area contributed by atoms with E-state index in [0.29, 0.717) is 18.1 Å². The first-order chi connectivity index (χ1) is 9.60. The van der Waals surface area contributed by atoms with Crippen LogP contribution < -0.4 is 10.5 Å². The van der Waals surface area contributed by atoms with Crippen molar-refractivity contribution in [3.8, 4) is 5.75 Å². The Morgan fingerprint density at radius 3 is 2.45 bits per heavy atom. The first-order valence-corrected chi connectivity index (χ1v) is 5.98. The van der Waals surface area contributed by atoms with Gasteiger partial charge in [-0.15, -0.1) is 0 Å². The summed E-state index contributed by atoms with van der Waals surface area (Å²) in [6.07, 6.45) is 0. The number of methoxy groups -OCH3 is 1. The molecule has 0 amide bonds. The molecule has 0 saturated heterocycles. The molecule has 6 heteroatoms. The summed E-state index contributed by atoms with van der Waals surface area (Å²) in [5.41, 5.74) is 6.79. The van der Waals surface area contributed by atoms with Crippen LogP contribution in [0.2, 0.25) is 0 Å². The molecular weight excluding hydrogens is 268 g/mol. The third kappa shape index (κ3) is 3.55. The van der Waals surface area contributed by atoms with E-state index in [-0.39, 0.29) is 5.75 Å². The molecule has 0 aliphatic heterocycles. The van der Waals surface area contributed by atoms with E-state index >= 15 is 0 Å². The van der Waals surface area contributed by atoms with Gasteiger partial charge in [0, 0.05) is 7.11 Å². The number of hydrogen-bond acceptors (Lipinski definition) is 4. The van der Waals surface area contributed by atoms with E-state index in [9.17, 15) is 8.78 Å². The number of nitrogens with two attached hydrogens (primary N) is 1. The molecule has 2 aromatic rings. The van der Waals surface area contributed by atoms with Gasteiger partial charge in [0.15, 0.2) is 0 Å². The first-order valence-electron chi connectivity index (χ1n) is 5.98. The molecule has 0 spiro atoms. The molecule has 1 heterocycles. The van der Waals surface area contributed by atoms with Gasteiger partial charge in [-0.05, 0) is 29.8 Å². The Morgan fingerprint density at radius 2 is 1.85 bits per heavy atom. The van der Waals surface area contributed by atoms with Crippen LogP contribution in [0, 0.1) is 0 Å². The summed E-state index contributed by atoms with van der Waals surface area (Å²) < 4.78 is 38.9. The summed E-state index contributed by atoms with van der Waals surface area (Å²) in [5, 5.41) is 0. The highest BCUT2D eigenvalue weighted by molar-refractivity contribution is 5.32. The average molecular weight is 283 g/mol. The second kappa shape index (κ2) is 6.49. The molecule has 0 bridgehead atoms. The lowest BCUT2D eigenvalue weighted by molar-refractivity contribution is -0.0498. The third-order valence-corrected chi connectivity index (χ3v) is 2.74. The highest BCUT2D eigenvalue weighted by Gasteiger charge is 2.14. The first kappa shape index (κ1) is 14.5. The number of ether oxygens (including phenoxy) is 2. The fourth-order valence-electron chi connectivity index (χ4n) is 1.80. The molecule has 2 rings (SSSR count). The SMILES string of the molecule is COCc1ccc(C(N)c2ccc(OC(F)F)cc2)o1. The molecule has 4 nitrogen and oxygen atoms in total. The largest absolute Gasteiger partial charge is 0.462 e. The second-order valence-corrected chi connectivity index (χ2v) is 4.16. The van der Waals surface area contributed by atoms with Crippen LogP contribution in [-0.4, -0.2) is 13.7 Å². The van der Waals surface area contributed by atoms with E-state index in [2.05, 4.69) is 4.74 Å². The predicted octanol–water partition coefficient (Wildman–Crippen LogP) is 3.08. The standard InChI is InChI=1S/C14H15F2NO3/c1-18-8-11-6-7-12(19-11)13(17)9-2-4-10(5-3-9)20-14(15)16/h2-7,13-14H,8,17H2,1H3. The van der Waals surface area contributed by atoms with Gasteiger partial charge in [-0.2, -0.15) is 8.78 Å². The predicted molar refractivity (Wildman–Crippen MR) is 68.5 cm³/mol. The zero-order valence-corrected chi connectivity index (χ0v) is 10.9. The van der Waals surface area contributed by atoms with Gasteiger partial charge >= 0.3 is 6.61 Å². The Morgan fingerprint density at radius 1 is 1.15 bits per heavy atom. The Balaban J connectivity index is 2.09. The Labute approximate surface area is 115 Å². The van der Waals surface area contributed by atoms with Crippen molar-refractivity contribution in [3.63, 3.8) is 0 Å². The van der Waals surface area contributed by atoms with Gasteiger partial charge in [-0.25, -0.2) is 0 Å². The van der Waals surface area contributed by atoms with Gasteiger partial charge in [0.2, 0.25) is 0 Å². The second-order valence-electron chi connectivity index (χ2n) is 4.16. The average Bonchev–Trinajstić information content (AvgIpc) is 2.87. The lowest BCUT2D eigenvalue weighted by atomic mass is 10.1. The fraction of sp³-hybridized carbons (Fsp3) is 0.286. The summed E-state index contributed by atoms with van der Waals surface area (Å²) in [6.45, 7) is -2.47. The van der Waals surface area contributed by atoms with Gasteiger partial charge in [-0.3, -0.25) is 0 Å². The Hall–Kier alpha value is -1.92. The van der Waals surface area contributed by atoms with Crippen LogP contribution in [0.5, 0.6) is 5.75 Å². The number of furan rings is 1. The van der Waals surface area contributed by atoms with Crippen molar-refractivity contribution in [2.75, 3.05) is 7.11 Å². The highest BCUT2D eigenvalue weighted by Crippen LogP contribution is 2.24. The minimum absolute atomic E-state index is 0.0930. The summed E-state index contributed by atoms with van der Waals surface area (Å²) in [5.74, 6) is 1.35. The molecule has 1 atom stereocenters. The van der Waals surface area contributed by atoms with E-state index < -0.39 is 12.7 Å². The van der Waals surface area contributed by atoms with E-state index in [0.717, 1.165) is 5.56 Å². The van der Waals surface area contributed by atoms with Crippen molar-refractivity contribution in [1.29, 1.82) is 0 Å². The van der Waals surface area contributed by atoms with Crippen molar-refractivity contribution in [1.82, 2.24) is 0 Å². The molecule has 1 aromatic heterocycles. The number of rotatable bonds is 6. The van der Waals surface area contributed by atoms with E-state index in [1.54, 1.807) is 31.4 Å². The van der Waals surface area contributed by atoms with E-state index in [1.165, 1.54) is 12.1 Å². The number of hydrogen-bond donors (Lipinski definition) is 1. The maximum atomic E-state index is 12.0.